The van der Waals surface area contributed by atoms with E-state index in [4.69, 9.17) is 0 Å². The van der Waals surface area contributed by atoms with Crippen molar-refractivity contribution in [2.45, 2.75) is 32.4 Å². The van der Waals surface area contributed by atoms with Crippen molar-refractivity contribution in [1.82, 2.24) is 9.13 Å². The predicted molar refractivity (Wildman–Crippen MR) is 314 cm³/mol. The molecule has 0 aliphatic heterocycles. The van der Waals surface area contributed by atoms with E-state index in [1.165, 1.54) is 91.4 Å². The van der Waals surface area contributed by atoms with Crippen LogP contribution in [0.15, 0.2) is 293 Å². The number of hydrogen-bond acceptors (Lipinski definition) is 0. The van der Waals surface area contributed by atoms with Gasteiger partial charge in [-0.15, -0.1) is 10.0 Å². The number of fused-ring (bicyclic) bond motifs is 6. The summed E-state index contributed by atoms with van der Waals surface area (Å²) in [5.74, 6) is 0. The molecule has 0 saturated carbocycles. The summed E-state index contributed by atoms with van der Waals surface area (Å²) in [5.41, 5.74) is 17.7. The summed E-state index contributed by atoms with van der Waals surface area (Å²) in [7, 11) is -2.18. The lowest BCUT2D eigenvalue weighted by molar-refractivity contribution is 0.889. The van der Waals surface area contributed by atoms with Crippen molar-refractivity contribution in [3.8, 4) is 55.9 Å². The van der Waals surface area contributed by atoms with Crippen LogP contribution in [0, 0.1) is 12.1 Å². The standard InChI is InChI=1S/C72H50N2S/c1-6-25-51(26-7-1)54-31-24-36-58(47-54)75(56-32-12-4-13-33-56,57-34-14-5-15-35-57)59-49-64(52-27-8-2-9-28-52)72(65(50-59)53-29-10-3-11-30-53)74-70-44-23-19-40-63(70)66-48-55(45-46-71(66)74)60-37-16-20-41-67(60)73-68-42-21-17-38-61(68)62-39-18-22-43-69(62)73/h1-10,12-22,24-29,31-43,45-50H,23,44H2. The minimum Gasteiger partial charge on any atom is -0.312 e. The summed E-state index contributed by atoms with van der Waals surface area (Å²) in [6.45, 7) is 0. The maximum absolute atomic E-state index is 3.65. The number of rotatable bonds is 10. The predicted octanol–water partition coefficient (Wildman–Crippen LogP) is 19.3. The van der Waals surface area contributed by atoms with E-state index in [1.54, 1.807) is 0 Å². The van der Waals surface area contributed by atoms with Crippen molar-refractivity contribution < 1.29 is 0 Å². The van der Waals surface area contributed by atoms with Crippen molar-refractivity contribution in [1.29, 1.82) is 0 Å². The number of benzene rings is 10. The molecule has 1 aliphatic rings. The van der Waals surface area contributed by atoms with Crippen molar-refractivity contribution in [3.05, 3.63) is 296 Å². The highest BCUT2D eigenvalue weighted by atomic mass is 32.3. The van der Waals surface area contributed by atoms with Gasteiger partial charge in [0.15, 0.2) is 0 Å². The Bertz CT molecular complexity index is 4110. The van der Waals surface area contributed by atoms with E-state index in [-0.39, 0.29) is 0 Å². The molecule has 0 amide bonds. The summed E-state index contributed by atoms with van der Waals surface area (Å²) in [5, 5.41) is 3.75. The van der Waals surface area contributed by atoms with Gasteiger partial charge in [-0.25, -0.2) is 0 Å². The average molecular weight is 975 g/mol. The Morgan fingerprint density at radius 2 is 0.960 bits per heavy atom. The highest BCUT2D eigenvalue weighted by molar-refractivity contribution is 8.34. The van der Waals surface area contributed by atoms with E-state index < -0.39 is 10.0 Å². The Balaban J connectivity index is 1.07. The van der Waals surface area contributed by atoms with Crippen molar-refractivity contribution in [2.24, 2.45) is 0 Å². The third kappa shape index (κ3) is 7.37. The second-order valence-electron chi connectivity index (χ2n) is 19.3. The molecule has 0 bridgehead atoms. The fourth-order valence-electron chi connectivity index (χ4n) is 11.9. The van der Waals surface area contributed by atoms with Crippen LogP contribution in [0.2, 0.25) is 0 Å². The first-order chi connectivity index (χ1) is 37.2. The molecule has 0 fully saturated rings. The minimum atomic E-state index is -2.18. The summed E-state index contributed by atoms with van der Waals surface area (Å²) in [6, 6.07) is 106. The summed E-state index contributed by atoms with van der Waals surface area (Å²) < 4.78 is 5.06. The van der Waals surface area contributed by atoms with Crippen LogP contribution in [0.25, 0.3) is 94.7 Å². The van der Waals surface area contributed by atoms with Gasteiger partial charge in [0.25, 0.3) is 0 Å². The molecule has 3 heteroatoms. The zero-order valence-electron chi connectivity index (χ0n) is 41.3. The van der Waals surface area contributed by atoms with Gasteiger partial charge in [-0.2, -0.15) is 0 Å². The Hall–Kier alpha value is -9.33. The van der Waals surface area contributed by atoms with Crippen molar-refractivity contribution >= 4 is 48.8 Å². The molecular formula is C72H50N2S. The van der Waals surface area contributed by atoms with Crippen molar-refractivity contribution in [2.75, 3.05) is 0 Å². The Kier molecular flexibility index (Phi) is 11.0. The van der Waals surface area contributed by atoms with Gasteiger partial charge < -0.3 is 9.13 Å². The van der Waals surface area contributed by atoms with Gasteiger partial charge in [-0.1, -0.05) is 200 Å². The molecule has 0 atom stereocenters. The second-order valence-corrected chi connectivity index (χ2v) is 22.4. The number of nitrogens with zero attached hydrogens (tertiary/aromatic N) is 2. The molecule has 2 heterocycles. The Morgan fingerprint density at radius 3 is 1.65 bits per heavy atom. The quantitative estimate of drug-likeness (QED) is 0.129. The van der Waals surface area contributed by atoms with Crippen LogP contribution in [0.5, 0.6) is 0 Å². The molecule has 354 valence electrons. The molecule has 0 radical (unpaired) electrons. The lowest BCUT2D eigenvalue weighted by Gasteiger charge is -2.43. The molecule has 0 unspecified atom stereocenters. The van der Waals surface area contributed by atoms with Crippen LogP contribution < -0.4 is 0 Å². The highest BCUT2D eigenvalue weighted by Gasteiger charge is 2.36. The van der Waals surface area contributed by atoms with E-state index in [2.05, 4.69) is 294 Å². The number of para-hydroxylation sites is 3. The van der Waals surface area contributed by atoms with Gasteiger partial charge >= 0.3 is 0 Å². The summed E-state index contributed by atoms with van der Waals surface area (Å²) in [6.07, 6.45) is 6.59. The number of allylic oxidation sites excluding steroid dienone is 1. The van der Waals surface area contributed by atoms with E-state index in [0.717, 1.165) is 40.9 Å². The van der Waals surface area contributed by atoms with E-state index in [0.29, 0.717) is 0 Å². The molecule has 13 aromatic rings. The molecule has 14 rings (SSSR count). The van der Waals surface area contributed by atoms with Crippen LogP contribution in [0.1, 0.15) is 17.7 Å². The van der Waals surface area contributed by atoms with E-state index >= 15 is 0 Å². The maximum Gasteiger partial charge on any atom is 0.0623 e. The van der Waals surface area contributed by atoms with E-state index in [9.17, 15) is 0 Å². The molecular weight excluding hydrogens is 925 g/mol. The van der Waals surface area contributed by atoms with Crippen LogP contribution in [-0.2, 0) is 6.42 Å². The summed E-state index contributed by atoms with van der Waals surface area (Å²) >= 11 is 0. The van der Waals surface area contributed by atoms with Crippen LogP contribution in [0.4, 0.5) is 0 Å². The monoisotopic (exact) mass is 974 g/mol. The molecule has 75 heavy (non-hydrogen) atoms. The largest absolute Gasteiger partial charge is 0.312 e. The zero-order valence-corrected chi connectivity index (χ0v) is 42.1. The van der Waals surface area contributed by atoms with Crippen LogP contribution in [-0.4, -0.2) is 9.13 Å². The second kappa shape index (κ2) is 18.6. The smallest absolute Gasteiger partial charge is 0.0623 e. The van der Waals surface area contributed by atoms with Gasteiger partial charge in [0.1, 0.15) is 0 Å². The molecule has 0 saturated heterocycles. The molecule has 11 aromatic carbocycles. The van der Waals surface area contributed by atoms with E-state index in [1.807, 2.05) is 6.07 Å². The van der Waals surface area contributed by atoms with Gasteiger partial charge in [0.2, 0.25) is 0 Å². The SMILES string of the molecule is c1cccc(-c2cc(S(c3ccccc3)(c3ccccc3)c3cccc(-c4ccccc4)c3)cc(-c3ccccc3)c2-n2c3c(c4cc(-c5ccccc5-n5c6ccccc6c6ccccc65)ccc42)C=CCC3)c#1. The molecule has 2 nitrogen and oxygen atoms in total. The van der Waals surface area contributed by atoms with Gasteiger partial charge in [0, 0.05) is 69.3 Å². The molecule has 2 aromatic heterocycles. The maximum atomic E-state index is 3.65. The first-order valence-corrected chi connectivity index (χ1v) is 27.5. The van der Waals surface area contributed by atoms with Gasteiger partial charge in [-0.05, 0) is 126 Å². The normalized spacial score (nSPS) is 12.5. The lowest BCUT2D eigenvalue weighted by atomic mass is 9.95. The summed E-state index contributed by atoms with van der Waals surface area (Å²) in [4.78, 5) is 5.05. The zero-order chi connectivity index (χ0) is 49.7. The first kappa shape index (κ1) is 44.4. The molecule has 0 spiro atoms. The van der Waals surface area contributed by atoms with Crippen molar-refractivity contribution in [3.63, 3.8) is 0 Å². The lowest BCUT2D eigenvalue weighted by Crippen LogP contribution is -2.10. The Labute approximate surface area is 440 Å². The molecule has 0 N–H and O–H groups in total. The van der Waals surface area contributed by atoms with Crippen LogP contribution in [0.3, 0.4) is 0 Å². The third-order valence-corrected chi connectivity index (χ3v) is 19.0. The molecule has 1 aliphatic carbocycles. The third-order valence-electron chi connectivity index (χ3n) is 15.1. The average Bonchev–Trinajstić information content (AvgIpc) is 4.05. The topological polar surface area (TPSA) is 9.86 Å². The minimum absolute atomic E-state index is 0.906. The van der Waals surface area contributed by atoms with Gasteiger partial charge in [-0.3, -0.25) is 0 Å². The fraction of sp³-hybridized carbons (Fsp3) is 0.0278. The Morgan fingerprint density at radius 1 is 0.373 bits per heavy atom. The highest BCUT2D eigenvalue weighted by Crippen LogP contribution is 2.74. The first-order valence-electron chi connectivity index (χ1n) is 25.9. The van der Waals surface area contributed by atoms with Crippen LogP contribution >= 0.6 is 10.0 Å². The number of hydrogen-bond donors (Lipinski definition) is 0. The fourth-order valence-corrected chi connectivity index (χ4v) is 15.8. The van der Waals surface area contributed by atoms with Gasteiger partial charge in [0.05, 0.1) is 27.9 Å². The number of aromatic nitrogens is 2.